The minimum absolute atomic E-state index is 0.0615. The number of aliphatic carboxylic acids is 1. The summed E-state index contributed by atoms with van der Waals surface area (Å²) in [6.07, 6.45) is 1.73. The van der Waals surface area contributed by atoms with E-state index in [1.54, 1.807) is 6.92 Å². The summed E-state index contributed by atoms with van der Waals surface area (Å²) < 4.78 is 15.1. The third-order valence-corrected chi connectivity index (χ3v) is 11.2. The summed E-state index contributed by atoms with van der Waals surface area (Å²) in [6, 6.07) is 16.9. The smallest absolute Gasteiger partial charge is 0.337 e. The van der Waals surface area contributed by atoms with Crippen LogP contribution in [0.2, 0.25) is 0 Å². The van der Waals surface area contributed by atoms with E-state index < -0.39 is 36.4 Å². The zero-order valence-corrected chi connectivity index (χ0v) is 21.5. The number of benzene rings is 2. The molecule has 2 saturated heterocycles. The molecule has 2 aliphatic rings. The van der Waals surface area contributed by atoms with Gasteiger partial charge >= 0.3 is 5.97 Å². The van der Waals surface area contributed by atoms with Gasteiger partial charge in [0.15, 0.2) is 5.28 Å². The molecule has 2 amide bonds. The zero-order valence-electron chi connectivity index (χ0n) is 20.6. The SMILES string of the molecule is C[C@H](N)C(=O)N1CCC[C@H]1C(=O)N1CCC[C@@]1(C(=O)O)P(=O)(Cc1ccccc1)Cc1ccccc1. The lowest BCUT2D eigenvalue weighted by Gasteiger charge is -2.43. The van der Waals surface area contributed by atoms with E-state index in [-0.39, 0.29) is 31.2 Å². The van der Waals surface area contributed by atoms with Gasteiger partial charge in [0.1, 0.15) is 13.2 Å². The predicted octanol–water partition coefficient (Wildman–Crippen LogP) is 3.49. The van der Waals surface area contributed by atoms with Crippen molar-refractivity contribution in [2.24, 2.45) is 5.73 Å². The summed E-state index contributed by atoms with van der Waals surface area (Å²) in [5, 5.41) is 8.87. The van der Waals surface area contributed by atoms with Crippen LogP contribution in [0.1, 0.15) is 43.7 Å². The maximum Gasteiger partial charge on any atom is 0.337 e. The molecule has 3 N–H and O–H groups in total. The molecule has 0 bridgehead atoms. The van der Waals surface area contributed by atoms with E-state index in [1.807, 2.05) is 60.7 Å². The summed E-state index contributed by atoms with van der Waals surface area (Å²) in [5.74, 6) is -2.02. The standard InChI is InChI=1S/C27H34N3O5P/c1-20(28)24(31)29-16-8-14-23(29)25(32)30-17-9-15-27(30,26(33)34)36(35,18-21-10-4-2-5-11-21)19-22-12-6-3-7-13-22/h2-7,10-13,20,23H,8-9,14-19,28H2,1H3,(H,33,34)/t20-,23-,27-/m0/s1. The predicted molar refractivity (Wildman–Crippen MR) is 138 cm³/mol. The van der Waals surface area contributed by atoms with Crippen molar-refractivity contribution in [2.75, 3.05) is 13.1 Å². The lowest BCUT2D eigenvalue weighted by atomic mass is 10.1. The third-order valence-electron chi connectivity index (χ3n) is 7.41. The molecule has 192 valence electrons. The van der Waals surface area contributed by atoms with Gasteiger partial charge in [-0.05, 0) is 43.7 Å². The van der Waals surface area contributed by atoms with Crippen LogP contribution >= 0.6 is 7.14 Å². The number of carboxylic acid groups (broad SMARTS) is 1. The average molecular weight is 512 g/mol. The zero-order chi connectivity index (χ0) is 25.9. The van der Waals surface area contributed by atoms with Crippen LogP contribution in [0.3, 0.4) is 0 Å². The fourth-order valence-corrected chi connectivity index (χ4v) is 9.51. The molecule has 2 aliphatic heterocycles. The van der Waals surface area contributed by atoms with Gasteiger partial charge in [-0.25, -0.2) is 4.79 Å². The number of hydrogen-bond acceptors (Lipinski definition) is 5. The Kier molecular flexibility index (Phi) is 7.67. The first-order chi connectivity index (χ1) is 17.2. The van der Waals surface area contributed by atoms with Crippen molar-refractivity contribution in [2.45, 2.75) is 62.3 Å². The van der Waals surface area contributed by atoms with Crippen LogP contribution in [0.25, 0.3) is 0 Å². The van der Waals surface area contributed by atoms with Crippen molar-refractivity contribution >= 4 is 24.9 Å². The van der Waals surface area contributed by atoms with Crippen molar-refractivity contribution in [1.82, 2.24) is 9.80 Å². The quantitative estimate of drug-likeness (QED) is 0.524. The highest BCUT2D eigenvalue weighted by Crippen LogP contribution is 2.67. The molecule has 0 saturated carbocycles. The van der Waals surface area contributed by atoms with Crippen molar-refractivity contribution in [3.8, 4) is 0 Å². The van der Waals surface area contributed by atoms with E-state index in [2.05, 4.69) is 0 Å². The number of nitrogens with two attached hydrogens (primary N) is 1. The van der Waals surface area contributed by atoms with Gasteiger partial charge in [0, 0.05) is 25.4 Å². The van der Waals surface area contributed by atoms with E-state index >= 15 is 4.57 Å². The Bertz CT molecular complexity index is 1110. The number of likely N-dealkylation sites (tertiary alicyclic amines) is 2. The maximum absolute atomic E-state index is 15.1. The molecule has 2 heterocycles. The second-order valence-electron chi connectivity index (χ2n) is 9.87. The molecular formula is C27H34N3O5P. The lowest BCUT2D eigenvalue weighted by molar-refractivity contribution is -0.154. The van der Waals surface area contributed by atoms with E-state index in [1.165, 1.54) is 9.80 Å². The number of carbonyl (C=O) groups excluding carboxylic acids is 2. The molecule has 2 aromatic carbocycles. The van der Waals surface area contributed by atoms with E-state index in [0.717, 1.165) is 11.1 Å². The van der Waals surface area contributed by atoms with Crippen LogP contribution in [0.4, 0.5) is 0 Å². The largest absolute Gasteiger partial charge is 0.479 e. The maximum atomic E-state index is 15.1. The number of rotatable bonds is 8. The van der Waals surface area contributed by atoms with Gasteiger partial charge in [-0.15, -0.1) is 0 Å². The van der Waals surface area contributed by atoms with Gasteiger partial charge in [-0.1, -0.05) is 60.7 Å². The molecule has 0 spiro atoms. The van der Waals surface area contributed by atoms with Gasteiger partial charge in [0.25, 0.3) is 0 Å². The minimum atomic E-state index is -3.63. The molecule has 36 heavy (non-hydrogen) atoms. The highest BCUT2D eigenvalue weighted by molar-refractivity contribution is 7.65. The molecule has 0 unspecified atom stereocenters. The monoisotopic (exact) mass is 511 g/mol. The van der Waals surface area contributed by atoms with Crippen LogP contribution in [0.15, 0.2) is 60.7 Å². The third kappa shape index (κ3) is 4.72. The molecule has 8 nitrogen and oxygen atoms in total. The van der Waals surface area contributed by atoms with E-state index in [4.69, 9.17) is 5.73 Å². The molecular weight excluding hydrogens is 477 g/mol. The van der Waals surface area contributed by atoms with Crippen molar-refractivity contribution < 1.29 is 24.1 Å². The van der Waals surface area contributed by atoms with Crippen molar-refractivity contribution in [3.05, 3.63) is 71.8 Å². The van der Waals surface area contributed by atoms with Gasteiger partial charge in [0.05, 0.1) is 6.04 Å². The van der Waals surface area contributed by atoms with Gasteiger partial charge in [-0.3, -0.25) is 9.59 Å². The second kappa shape index (κ2) is 10.6. The Balaban J connectivity index is 1.78. The minimum Gasteiger partial charge on any atom is -0.479 e. The Morgan fingerprint density at radius 2 is 1.56 bits per heavy atom. The van der Waals surface area contributed by atoms with Crippen LogP contribution in [-0.2, 0) is 31.3 Å². The van der Waals surface area contributed by atoms with Crippen molar-refractivity contribution in [1.29, 1.82) is 0 Å². The fraction of sp³-hybridized carbons (Fsp3) is 0.444. The molecule has 0 aromatic heterocycles. The summed E-state index contributed by atoms with van der Waals surface area (Å²) in [5.41, 5.74) is 7.36. The first-order valence-corrected chi connectivity index (χ1v) is 14.5. The molecule has 4 rings (SSSR count). The van der Waals surface area contributed by atoms with Crippen LogP contribution in [0.5, 0.6) is 0 Å². The number of carboxylic acids is 1. The van der Waals surface area contributed by atoms with Crippen molar-refractivity contribution in [3.63, 3.8) is 0 Å². The highest BCUT2D eigenvalue weighted by atomic mass is 31.2. The Morgan fingerprint density at radius 1 is 1.00 bits per heavy atom. The van der Waals surface area contributed by atoms with Crippen LogP contribution in [0, 0.1) is 0 Å². The Morgan fingerprint density at radius 3 is 2.06 bits per heavy atom. The van der Waals surface area contributed by atoms with E-state index in [9.17, 15) is 19.5 Å². The molecule has 9 heteroatoms. The van der Waals surface area contributed by atoms with Gasteiger partial charge in [-0.2, -0.15) is 0 Å². The molecule has 0 aliphatic carbocycles. The Hall–Kier alpha value is -2.96. The summed E-state index contributed by atoms with van der Waals surface area (Å²) >= 11 is 0. The topological polar surface area (TPSA) is 121 Å². The summed E-state index contributed by atoms with van der Waals surface area (Å²) in [6.45, 7) is 2.17. The van der Waals surface area contributed by atoms with E-state index in [0.29, 0.717) is 25.8 Å². The lowest BCUT2D eigenvalue weighted by Crippen LogP contribution is -2.59. The average Bonchev–Trinajstić information content (AvgIpc) is 3.53. The summed E-state index contributed by atoms with van der Waals surface area (Å²) in [7, 11) is -3.63. The fourth-order valence-electron chi connectivity index (χ4n) is 5.72. The van der Waals surface area contributed by atoms with Crippen LogP contribution in [-0.4, -0.2) is 63.1 Å². The number of amides is 2. The number of nitrogens with zero attached hydrogens (tertiary/aromatic N) is 2. The van der Waals surface area contributed by atoms with Gasteiger partial charge in [0.2, 0.25) is 11.8 Å². The van der Waals surface area contributed by atoms with Crippen LogP contribution < -0.4 is 5.73 Å². The first kappa shape index (κ1) is 26.1. The molecule has 3 atom stereocenters. The number of hydrogen-bond donors (Lipinski definition) is 2. The number of carbonyl (C=O) groups is 3. The second-order valence-corrected chi connectivity index (χ2v) is 13.0. The molecule has 0 radical (unpaired) electrons. The molecule has 2 fully saturated rings. The normalized spacial score (nSPS) is 23.0. The summed E-state index contributed by atoms with van der Waals surface area (Å²) in [4.78, 5) is 42.6. The first-order valence-electron chi connectivity index (χ1n) is 12.5. The Labute approximate surface area is 211 Å². The van der Waals surface area contributed by atoms with Gasteiger partial charge < -0.3 is 25.2 Å². The highest BCUT2D eigenvalue weighted by Gasteiger charge is 2.62. The molecule has 2 aromatic rings.